The molecule has 0 aliphatic carbocycles. The molecule has 0 saturated carbocycles. The van der Waals surface area contributed by atoms with Gasteiger partial charge < -0.3 is 14.4 Å². The van der Waals surface area contributed by atoms with E-state index >= 15 is 0 Å². The molecule has 3 rings (SSSR count). The highest BCUT2D eigenvalue weighted by Gasteiger charge is 2.66. The van der Waals surface area contributed by atoms with E-state index in [1.807, 2.05) is 0 Å². The van der Waals surface area contributed by atoms with Crippen LogP contribution in [0.2, 0.25) is 0 Å². The van der Waals surface area contributed by atoms with E-state index in [2.05, 4.69) is 5.16 Å². The zero-order valence-corrected chi connectivity index (χ0v) is 10.6. The lowest BCUT2D eigenvalue weighted by Crippen LogP contribution is -2.55. The number of ether oxygens (including phenoxy) is 1. The maximum Gasteiger partial charge on any atom is 0.375 e. The fraction of sp³-hybridized carbons (Fsp3) is 0.308. The minimum Gasteiger partial charge on any atom is -0.451 e. The largest absolute Gasteiger partial charge is 0.451 e. The number of aliphatic hydroxyl groups is 1. The van der Waals surface area contributed by atoms with Crippen LogP contribution in [0.3, 0.4) is 0 Å². The van der Waals surface area contributed by atoms with Gasteiger partial charge in [0.2, 0.25) is 0 Å². The molecular formula is C13H9F4NO3. The molecule has 0 amide bonds. The van der Waals surface area contributed by atoms with Crippen LogP contribution < -0.4 is 4.74 Å². The van der Waals surface area contributed by atoms with Crippen molar-refractivity contribution >= 4 is 0 Å². The van der Waals surface area contributed by atoms with Crippen molar-refractivity contribution in [1.82, 2.24) is 5.16 Å². The Bertz CT molecular complexity index is 700. The van der Waals surface area contributed by atoms with Gasteiger partial charge in [-0.2, -0.15) is 8.78 Å². The van der Waals surface area contributed by atoms with Crippen molar-refractivity contribution in [3.8, 4) is 17.1 Å². The minimum atomic E-state index is -4.84. The topological polar surface area (TPSA) is 55.5 Å². The number of hydrogen-bond donors (Lipinski definition) is 1. The van der Waals surface area contributed by atoms with E-state index in [9.17, 15) is 22.7 Å². The molecule has 1 N–H and O–H groups in total. The van der Waals surface area contributed by atoms with Crippen LogP contribution in [0.1, 0.15) is 11.1 Å². The van der Waals surface area contributed by atoms with Gasteiger partial charge in [-0.1, -0.05) is 16.8 Å². The molecule has 112 valence electrons. The molecule has 2 heterocycles. The van der Waals surface area contributed by atoms with Gasteiger partial charge in [0, 0.05) is 0 Å². The number of fused-ring (bicyclic) bond motifs is 3. The third-order valence-electron chi connectivity index (χ3n) is 3.30. The first-order valence-corrected chi connectivity index (χ1v) is 5.91. The standard InChI is InChI=1S/C13H9F4NO3/c1-6-2-3-9-7(4-6)10-8(5-18-21-10)13(19,20-9)12(16,17)11(14)15/h2-5,11,19H,1H3. The second-order valence-corrected chi connectivity index (χ2v) is 4.74. The van der Waals surface area contributed by atoms with Crippen molar-refractivity contribution in [2.24, 2.45) is 0 Å². The number of halogens is 4. The molecule has 1 aliphatic heterocycles. The summed E-state index contributed by atoms with van der Waals surface area (Å²) in [7, 11) is 0. The number of benzene rings is 1. The Hall–Kier alpha value is -2.09. The Kier molecular flexibility index (Phi) is 2.78. The molecule has 0 bridgehead atoms. The zero-order chi connectivity index (χ0) is 15.4. The van der Waals surface area contributed by atoms with E-state index in [4.69, 9.17) is 9.26 Å². The van der Waals surface area contributed by atoms with Crippen molar-refractivity contribution in [2.45, 2.75) is 25.1 Å². The van der Waals surface area contributed by atoms with Crippen LogP contribution in [0.15, 0.2) is 28.9 Å². The summed E-state index contributed by atoms with van der Waals surface area (Å²) < 4.78 is 62.4. The van der Waals surface area contributed by atoms with E-state index in [1.165, 1.54) is 12.1 Å². The summed E-state index contributed by atoms with van der Waals surface area (Å²) in [5, 5.41) is 13.4. The Balaban J connectivity index is 2.24. The summed E-state index contributed by atoms with van der Waals surface area (Å²) >= 11 is 0. The van der Waals surface area contributed by atoms with Crippen LogP contribution in [0.5, 0.6) is 5.75 Å². The molecule has 1 atom stereocenters. The normalized spacial score (nSPS) is 20.9. The molecular weight excluding hydrogens is 294 g/mol. The lowest BCUT2D eigenvalue weighted by atomic mass is 9.93. The lowest BCUT2D eigenvalue weighted by Gasteiger charge is -2.37. The van der Waals surface area contributed by atoms with Gasteiger partial charge in [-0.05, 0) is 19.1 Å². The first-order chi connectivity index (χ1) is 9.77. The molecule has 0 fully saturated rings. The summed E-state index contributed by atoms with van der Waals surface area (Å²) in [6.45, 7) is 1.74. The summed E-state index contributed by atoms with van der Waals surface area (Å²) in [4.78, 5) is 0. The Morgan fingerprint density at radius 1 is 1.33 bits per heavy atom. The number of hydrogen-bond acceptors (Lipinski definition) is 4. The second-order valence-electron chi connectivity index (χ2n) is 4.74. The molecule has 1 aromatic heterocycles. The fourth-order valence-corrected chi connectivity index (χ4v) is 2.20. The van der Waals surface area contributed by atoms with Crippen molar-refractivity contribution in [3.05, 3.63) is 35.5 Å². The van der Waals surface area contributed by atoms with Gasteiger partial charge >= 0.3 is 18.1 Å². The summed E-state index contributed by atoms with van der Waals surface area (Å²) in [6, 6.07) is 4.38. The van der Waals surface area contributed by atoms with E-state index in [0.717, 1.165) is 11.8 Å². The Morgan fingerprint density at radius 3 is 2.71 bits per heavy atom. The summed E-state index contributed by atoms with van der Waals surface area (Å²) in [5.41, 5.74) is 0.397. The van der Waals surface area contributed by atoms with Crippen LogP contribution in [0, 0.1) is 6.92 Å². The Morgan fingerprint density at radius 2 is 2.05 bits per heavy atom. The molecule has 21 heavy (non-hydrogen) atoms. The van der Waals surface area contributed by atoms with E-state index in [0.29, 0.717) is 0 Å². The Labute approximate surface area is 115 Å². The molecule has 1 aliphatic rings. The molecule has 0 spiro atoms. The number of nitrogens with zero attached hydrogens (tertiary/aromatic N) is 1. The average molecular weight is 303 g/mol. The van der Waals surface area contributed by atoms with Gasteiger partial charge in [0.15, 0.2) is 5.76 Å². The van der Waals surface area contributed by atoms with Gasteiger partial charge in [-0.3, -0.25) is 0 Å². The van der Waals surface area contributed by atoms with Crippen LogP contribution >= 0.6 is 0 Å². The molecule has 8 heteroatoms. The van der Waals surface area contributed by atoms with Crippen molar-refractivity contribution in [1.29, 1.82) is 0 Å². The number of aryl methyl sites for hydroxylation is 1. The molecule has 4 nitrogen and oxygen atoms in total. The van der Waals surface area contributed by atoms with Crippen LogP contribution in [-0.2, 0) is 5.79 Å². The molecule has 0 saturated heterocycles. The minimum absolute atomic E-state index is 0.187. The van der Waals surface area contributed by atoms with Crippen molar-refractivity contribution in [2.75, 3.05) is 0 Å². The van der Waals surface area contributed by atoms with Crippen LogP contribution in [0.25, 0.3) is 11.3 Å². The first-order valence-electron chi connectivity index (χ1n) is 5.91. The average Bonchev–Trinajstić information content (AvgIpc) is 2.90. The van der Waals surface area contributed by atoms with E-state index in [-0.39, 0.29) is 17.1 Å². The predicted octanol–water partition coefficient (Wildman–Crippen LogP) is 3.09. The number of aromatic nitrogens is 1. The summed E-state index contributed by atoms with van der Waals surface area (Å²) in [6.07, 6.45) is -3.38. The number of alkyl halides is 4. The van der Waals surface area contributed by atoms with Crippen molar-refractivity contribution in [3.63, 3.8) is 0 Å². The highest BCUT2D eigenvalue weighted by atomic mass is 19.3. The number of rotatable bonds is 2. The lowest BCUT2D eigenvalue weighted by molar-refractivity contribution is -0.326. The van der Waals surface area contributed by atoms with E-state index in [1.54, 1.807) is 13.0 Å². The van der Waals surface area contributed by atoms with Gasteiger partial charge in [0.05, 0.1) is 17.3 Å². The predicted molar refractivity (Wildman–Crippen MR) is 62.2 cm³/mol. The maximum atomic E-state index is 13.8. The fourth-order valence-electron chi connectivity index (χ4n) is 2.20. The van der Waals surface area contributed by atoms with E-state index < -0.39 is 23.7 Å². The highest BCUT2D eigenvalue weighted by molar-refractivity contribution is 5.72. The van der Waals surface area contributed by atoms with Gasteiger partial charge in [-0.25, -0.2) is 8.78 Å². The SMILES string of the molecule is Cc1ccc2c(c1)-c1oncc1C(O)(C(F)(F)C(F)F)O2. The van der Waals surface area contributed by atoms with Crippen LogP contribution in [-0.4, -0.2) is 22.6 Å². The quantitative estimate of drug-likeness (QED) is 0.866. The molecule has 0 radical (unpaired) electrons. The second kappa shape index (κ2) is 4.20. The smallest absolute Gasteiger partial charge is 0.375 e. The third kappa shape index (κ3) is 1.75. The molecule has 2 aromatic rings. The highest BCUT2D eigenvalue weighted by Crippen LogP contribution is 2.51. The third-order valence-corrected chi connectivity index (χ3v) is 3.30. The van der Waals surface area contributed by atoms with Gasteiger partial charge in [-0.15, -0.1) is 0 Å². The zero-order valence-electron chi connectivity index (χ0n) is 10.6. The van der Waals surface area contributed by atoms with Crippen molar-refractivity contribution < 1.29 is 31.9 Å². The van der Waals surface area contributed by atoms with Gasteiger partial charge in [0.25, 0.3) is 0 Å². The van der Waals surface area contributed by atoms with Crippen LogP contribution in [0.4, 0.5) is 17.6 Å². The monoisotopic (exact) mass is 303 g/mol. The maximum absolute atomic E-state index is 13.8. The molecule has 1 unspecified atom stereocenters. The van der Waals surface area contributed by atoms with Gasteiger partial charge in [0.1, 0.15) is 5.75 Å². The first kappa shape index (κ1) is 13.9. The summed E-state index contributed by atoms with van der Waals surface area (Å²) in [5.74, 6) is -8.79. The molecule has 1 aromatic carbocycles.